The molecule has 1 aliphatic heterocycles. The molecule has 1 aliphatic carbocycles. The van der Waals surface area contributed by atoms with Crippen molar-refractivity contribution in [1.29, 1.82) is 0 Å². The van der Waals surface area contributed by atoms with E-state index in [1.807, 2.05) is 0 Å². The Balaban J connectivity index is 1.75. The first-order valence-electron chi connectivity index (χ1n) is 7.94. The van der Waals surface area contributed by atoms with Crippen LogP contribution in [0.4, 0.5) is 16.7 Å². The van der Waals surface area contributed by atoms with E-state index in [0.717, 1.165) is 12.8 Å². The van der Waals surface area contributed by atoms with Gasteiger partial charge in [-0.1, -0.05) is 0 Å². The Morgan fingerprint density at radius 3 is 2.84 bits per heavy atom. The lowest BCUT2D eigenvalue weighted by Gasteiger charge is -2.09. The summed E-state index contributed by atoms with van der Waals surface area (Å²) in [6.45, 7) is 0.977. The summed E-state index contributed by atoms with van der Waals surface area (Å²) in [6, 6.07) is -0.171. The molecule has 1 saturated carbocycles. The Morgan fingerprint density at radius 1 is 1.32 bits per heavy atom. The van der Waals surface area contributed by atoms with Gasteiger partial charge in [0.1, 0.15) is 5.70 Å². The van der Waals surface area contributed by atoms with Gasteiger partial charge in [-0.05, 0) is 18.9 Å². The molecule has 130 valence electrons. The molecule has 25 heavy (non-hydrogen) atoms. The van der Waals surface area contributed by atoms with Gasteiger partial charge in [0.2, 0.25) is 11.9 Å². The molecule has 0 unspecified atom stereocenters. The number of nitrogens with one attached hydrogen (secondary N) is 4. The van der Waals surface area contributed by atoms with Gasteiger partial charge >= 0.3 is 6.03 Å². The summed E-state index contributed by atoms with van der Waals surface area (Å²) < 4.78 is 1.58. The Hall–Kier alpha value is -3.21. The fourth-order valence-corrected chi connectivity index (χ4v) is 2.40. The number of nitrogens with two attached hydrogens (primary N) is 1. The lowest BCUT2D eigenvalue weighted by molar-refractivity contribution is -0.115. The Labute approximate surface area is 142 Å². The van der Waals surface area contributed by atoms with Crippen molar-refractivity contribution < 1.29 is 9.59 Å². The topological polar surface area (TPSA) is 151 Å². The van der Waals surface area contributed by atoms with E-state index in [2.05, 4.69) is 36.3 Å². The van der Waals surface area contributed by atoms with Gasteiger partial charge in [-0.2, -0.15) is 19.6 Å². The van der Waals surface area contributed by atoms with E-state index < -0.39 is 11.9 Å². The molecule has 11 heteroatoms. The summed E-state index contributed by atoms with van der Waals surface area (Å²) in [5.41, 5.74) is 6.77. The summed E-state index contributed by atoms with van der Waals surface area (Å²) in [7, 11) is 0. The maximum absolute atomic E-state index is 11.7. The van der Waals surface area contributed by atoms with Crippen LogP contribution in [-0.2, 0) is 4.79 Å². The van der Waals surface area contributed by atoms with E-state index in [9.17, 15) is 9.59 Å². The maximum atomic E-state index is 11.7. The van der Waals surface area contributed by atoms with E-state index in [-0.39, 0.29) is 5.70 Å². The third kappa shape index (κ3) is 3.08. The van der Waals surface area contributed by atoms with Crippen molar-refractivity contribution in [2.45, 2.75) is 18.9 Å². The number of carbonyl (C=O) groups excluding carboxylic acids is 2. The average Bonchev–Trinajstić information content (AvgIpc) is 3.22. The molecule has 0 spiro atoms. The largest absolute Gasteiger partial charge is 0.353 e. The highest BCUT2D eigenvalue weighted by Crippen LogP contribution is 2.25. The number of hydrogen-bond donors (Lipinski definition) is 5. The number of rotatable bonds is 6. The average molecular weight is 343 g/mol. The first kappa shape index (κ1) is 15.3. The van der Waals surface area contributed by atoms with Gasteiger partial charge in [-0.15, -0.1) is 0 Å². The number of aromatic nitrogens is 4. The molecule has 0 bridgehead atoms. The van der Waals surface area contributed by atoms with Crippen LogP contribution >= 0.6 is 0 Å². The molecule has 0 atom stereocenters. The van der Waals surface area contributed by atoms with Gasteiger partial charge in [0, 0.05) is 24.7 Å². The Bertz CT molecular complexity index is 884. The highest BCUT2D eigenvalue weighted by molar-refractivity contribution is 6.14. The molecule has 11 nitrogen and oxygen atoms in total. The van der Waals surface area contributed by atoms with E-state index in [0.29, 0.717) is 42.2 Å². The van der Waals surface area contributed by atoms with Crippen LogP contribution in [0.2, 0.25) is 0 Å². The predicted octanol–water partition coefficient (Wildman–Crippen LogP) is -0.750. The lowest BCUT2D eigenvalue weighted by Crippen LogP contribution is -2.22. The van der Waals surface area contributed by atoms with E-state index in [4.69, 9.17) is 5.73 Å². The number of carbonyl (C=O) groups is 2. The SMILES string of the molecule is NCCNc1nc(NC2CC2)n2ncc(/C=C3\NC(=O)NC3=O)c2n1. The highest BCUT2D eigenvalue weighted by atomic mass is 16.2. The van der Waals surface area contributed by atoms with Crippen LogP contribution in [0, 0.1) is 0 Å². The van der Waals surface area contributed by atoms with Crippen molar-refractivity contribution in [2.75, 3.05) is 23.7 Å². The summed E-state index contributed by atoms with van der Waals surface area (Å²) in [4.78, 5) is 31.8. The van der Waals surface area contributed by atoms with E-state index in [1.54, 1.807) is 10.7 Å². The smallest absolute Gasteiger partial charge is 0.326 e. The molecule has 6 N–H and O–H groups in total. The van der Waals surface area contributed by atoms with Gasteiger partial charge in [-0.3, -0.25) is 10.1 Å². The summed E-state index contributed by atoms with van der Waals surface area (Å²) >= 11 is 0. The van der Waals surface area contributed by atoms with Crippen LogP contribution in [0.3, 0.4) is 0 Å². The first-order chi connectivity index (χ1) is 12.1. The van der Waals surface area contributed by atoms with Crippen molar-refractivity contribution in [2.24, 2.45) is 5.73 Å². The van der Waals surface area contributed by atoms with E-state index in [1.165, 1.54) is 6.08 Å². The van der Waals surface area contributed by atoms with Crippen LogP contribution in [0.5, 0.6) is 0 Å². The second-order valence-corrected chi connectivity index (χ2v) is 5.81. The summed E-state index contributed by atoms with van der Waals surface area (Å²) in [5, 5.41) is 15.3. The number of fused-ring (bicyclic) bond motifs is 1. The lowest BCUT2D eigenvalue weighted by atomic mass is 10.2. The molecular formula is C14H17N9O2. The molecule has 4 rings (SSSR count). The third-order valence-electron chi connectivity index (χ3n) is 3.75. The van der Waals surface area contributed by atoms with Gasteiger partial charge in [0.05, 0.1) is 6.20 Å². The monoisotopic (exact) mass is 343 g/mol. The van der Waals surface area contributed by atoms with Gasteiger partial charge in [0.15, 0.2) is 5.65 Å². The molecule has 2 aromatic rings. The minimum absolute atomic E-state index is 0.145. The summed E-state index contributed by atoms with van der Waals surface area (Å²) in [5.74, 6) is 0.494. The van der Waals surface area contributed by atoms with Gasteiger partial charge in [0.25, 0.3) is 5.91 Å². The summed E-state index contributed by atoms with van der Waals surface area (Å²) in [6.07, 6.45) is 5.27. The Kier molecular flexibility index (Phi) is 3.69. The maximum Gasteiger partial charge on any atom is 0.326 e. The molecule has 3 amide bonds. The number of imide groups is 1. The van der Waals surface area contributed by atoms with Crippen molar-refractivity contribution in [1.82, 2.24) is 30.2 Å². The molecule has 2 aliphatic rings. The Morgan fingerprint density at radius 2 is 2.16 bits per heavy atom. The van der Waals surface area contributed by atoms with Gasteiger partial charge in [-0.25, -0.2) is 4.79 Å². The van der Waals surface area contributed by atoms with Crippen molar-refractivity contribution >= 4 is 35.6 Å². The standard InChI is InChI=1S/C14H17N9O2/c15-3-4-16-12-20-10-7(5-9-11(24)21-14(25)19-9)6-17-23(10)13(22-12)18-8-1-2-8/h5-6,8H,1-4,15H2,(H2,16,18,20,22)(H2,19,21,24,25)/b9-5-. The van der Waals surface area contributed by atoms with Crippen molar-refractivity contribution in [3.63, 3.8) is 0 Å². The van der Waals surface area contributed by atoms with Crippen LogP contribution in [0.25, 0.3) is 11.7 Å². The van der Waals surface area contributed by atoms with Crippen molar-refractivity contribution in [3.8, 4) is 0 Å². The fraction of sp³-hybridized carbons (Fsp3) is 0.357. The van der Waals surface area contributed by atoms with E-state index >= 15 is 0 Å². The molecule has 0 aromatic carbocycles. The molecular weight excluding hydrogens is 326 g/mol. The number of hydrogen-bond acceptors (Lipinski definition) is 8. The normalized spacial score (nSPS) is 18.5. The molecule has 0 radical (unpaired) electrons. The molecule has 2 fully saturated rings. The molecule has 3 heterocycles. The second kappa shape index (κ2) is 6.02. The van der Waals surface area contributed by atoms with Crippen molar-refractivity contribution in [3.05, 3.63) is 17.5 Å². The molecule has 1 saturated heterocycles. The highest BCUT2D eigenvalue weighted by Gasteiger charge is 2.25. The molecule has 2 aromatic heterocycles. The van der Waals surface area contributed by atoms with Gasteiger partial charge < -0.3 is 21.7 Å². The number of amides is 3. The quantitative estimate of drug-likeness (QED) is 0.339. The second-order valence-electron chi connectivity index (χ2n) is 5.81. The third-order valence-corrected chi connectivity index (χ3v) is 3.75. The predicted molar refractivity (Wildman–Crippen MR) is 89.6 cm³/mol. The first-order valence-corrected chi connectivity index (χ1v) is 7.94. The number of urea groups is 1. The van der Waals surface area contributed by atoms with Crippen LogP contribution in [0.15, 0.2) is 11.9 Å². The minimum atomic E-state index is -0.552. The zero-order valence-corrected chi connectivity index (χ0v) is 13.2. The van der Waals surface area contributed by atoms with Crippen LogP contribution in [0.1, 0.15) is 18.4 Å². The van der Waals surface area contributed by atoms with Crippen LogP contribution in [-0.4, -0.2) is 50.7 Å². The minimum Gasteiger partial charge on any atom is -0.353 e. The fourth-order valence-electron chi connectivity index (χ4n) is 2.40. The zero-order valence-electron chi connectivity index (χ0n) is 13.2. The van der Waals surface area contributed by atoms with Crippen LogP contribution < -0.4 is 27.0 Å². The number of anilines is 2. The number of nitrogens with zero attached hydrogens (tertiary/aromatic N) is 4. The zero-order chi connectivity index (χ0) is 17.4.